The Balaban J connectivity index is 2.37. The first-order valence-electron chi connectivity index (χ1n) is 4.85. The fraction of sp³-hybridized carbons (Fsp3) is 0.364. The second kappa shape index (κ2) is 6.43. The molecule has 0 fully saturated rings. The van der Waals surface area contributed by atoms with Crippen LogP contribution in [0, 0.1) is 0 Å². The maximum atomic E-state index is 11.2. The molecule has 0 saturated heterocycles. The Bertz CT molecular complexity index is 328. The molecule has 0 radical (unpaired) electrons. The first kappa shape index (κ1) is 12.0. The van der Waals surface area contributed by atoms with E-state index >= 15 is 0 Å². The van der Waals surface area contributed by atoms with Gasteiger partial charge in [-0.25, -0.2) is 0 Å². The number of carbonyl (C=O) groups excluding carboxylic acids is 1. The van der Waals surface area contributed by atoms with Crippen LogP contribution in [0.4, 0.5) is 0 Å². The minimum Gasteiger partial charge on any atom is -0.395 e. The van der Waals surface area contributed by atoms with Crippen LogP contribution in [0.2, 0.25) is 5.02 Å². The van der Waals surface area contributed by atoms with Gasteiger partial charge in [-0.3, -0.25) is 4.79 Å². The molecule has 15 heavy (non-hydrogen) atoms. The third-order valence-corrected chi connectivity index (χ3v) is 2.38. The highest BCUT2D eigenvalue weighted by atomic mass is 35.5. The summed E-state index contributed by atoms with van der Waals surface area (Å²) in [5, 5.41) is 11.8. The molecule has 1 aromatic rings. The molecule has 0 aromatic heterocycles. The summed E-state index contributed by atoms with van der Waals surface area (Å²) in [4.78, 5) is 11.2. The van der Waals surface area contributed by atoms with Crippen molar-refractivity contribution < 1.29 is 9.90 Å². The zero-order valence-electron chi connectivity index (χ0n) is 8.37. The second-order valence-electron chi connectivity index (χ2n) is 3.16. The van der Waals surface area contributed by atoms with Crippen LogP contribution < -0.4 is 5.32 Å². The molecule has 1 aromatic carbocycles. The topological polar surface area (TPSA) is 49.3 Å². The van der Waals surface area contributed by atoms with Crippen molar-refractivity contribution in [2.75, 3.05) is 13.2 Å². The Kier molecular flexibility index (Phi) is 5.15. The third kappa shape index (κ3) is 4.32. The Morgan fingerprint density at radius 1 is 1.40 bits per heavy atom. The van der Waals surface area contributed by atoms with Crippen LogP contribution in [0.1, 0.15) is 12.0 Å². The molecule has 2 N–H and O–H groups in total. The van der Waals surface area contributed by atoms with Crippen LogP contribution in [-0.2, 0) is 11.2 Å². The quantitative estimate of drug-likeness (QED) is 0.799. The summed E-state index contributed by atoms with van der Waals surface area (Å²) in [6.07, 6.45) is 1.01. The number of hydrogen-bond acceptors (Lipinski definition) is 2. The van der Waals surface area contributed by atoms with E-state index in [4.69, 9.17) is 16.7 Å². The SMILES string of the molecule is O=C(CCc1ccccc1Cl)NCCO. The predicted molar refractivity (Wildman–Crippen MR) is 59.9 cm³/mol. The zero-order valence-corrected chi connectivity index (χ0v) is 9.13. The van der Waals surface area contributed by atoms with E-state index < -0.39 is 0 Å². The van der Waals surface area contributed by atoms with Gasteiger partial charge < -0.3 is 10.4 Å². The van der Waals surface area contributed by atoms with E-state index in [1.54, 1.807) is 0 Å². The first-order chi connectivity index (χ1) is 7.24. The molecule has 0 aliphatic heterocycles. The highest BCUT2D eigenvalue weighted by Gasteiger charge is 2.03. The monoisotopic (exact) mass is 227 g/mol. The van der Waals surface area contributed by atoms with Gasteiger partial charge >= 0.3 is 0 Å². The number of carbonyl (C=O) groups is 1. The van der Waals surface area contributed by atoms with Crippen LogP contribution in [-0.4, -0.2) is 24.2 Å². The summed E-state index contributed by atoms with van der Waals surface area (Å²) in [5.41, 5.74) is 0.971. The lowest BCUT2D eigenvalue weighted by Gasteiger charge is -2.04. The van der Waals surface area contributed by atoms with Gasteiger partial charge in [-0.1, -0.05) is 29.8 Å². The van der Waals surface area contributed by atoms with Gasteiger partial charge in [0.05, 0.1) is 6.61 Å². The number of benzene rings is 1. The number of amides is 1. The molecule has 0 aliphatic rings. The fourth-order valence-corrected chi connectivity index (χ4v) is 1.46. The molecule has 0 aliphatic carbocycles. The van der Waals surface area contributed by atoms with Gasteiger partial charge in [-0.2, -0.15) is 0 Å². The number of aliphatic hydroxyl groups is 1. The van der Waals surface area contributed by atoms with Gasteiger partial charge in [0.1, 0.15) is 0 Å². The Morgan fingerprint density at radius 3 is 2.80 bits per heavy atom. The summed E-state index contributed by atoms with van der Waals surface area (Å²) in [5.74, 6) is -0.0658. The predicted octanol–water partition coefficient (Wildman–Crippen LogP) is 1.38. The molecule has 4 heteroatoms. The fourth-order valence-electron chi connectivity index (χ4n) is 1.23. The summed E-state index contributed by atoms with van der Waals surface area (Å²) in [6.45, 7) is 0.277. The van der Waals surface area contributed by atoms with E-state index in [0.717, 1.165) is 5.56 Å². The van der Waals surface area contributed by atoms with Gasteiger partial charge in [0.25, 0.3) is 0 Å². The molecular weight excluding hydrogens is 214 g/mol. The summed E-state index contributed by atoms with van der Waals surface area (Å²) < 4.78 is 0. The van der Waals surface area contributed by atoms with Crippen molar-refractivity contribution in [2.45, 2.75) is 12.8 Å². The van der Waals surface area contributed by atoms with Crippen molar-refractivity contribution in [3.8, 4) is 0 Å². The standard InChI is InChI=1S/C11H14ClNO2/c12-10-4-2-1-3-9(10)5-6-11(15)13-7-8-14/h1-4,14H,5-8H2,(H,13,15). The van der Waals surface area contributed by atoms with Crippen molar-refractivity contribution in [3.63, 3.8) is 0 Å². The van der Waals surface area contributed by atoms with Gasteiger partial charge in [0.15, 0.2) is 0 Å². The van der Waals surface area contributed by atoms with Gasteiger partial charge in [-0.15, -0.1) is 0 Å². The van der Waals surface area contributed by atoms with Crippen molar-refractivity contribution >= 4 is 17.5 Å². The number of halogens is 1. The molecule has 0 bridgehead atoms. The molecule has 82 valence electrons. The van der Waals surface area contributed by atoms with E-state index in [0.29, 0.717) is 24.4 Å². The summed E-state index contributed by atoms with van der Waals surface area (Å²) >= 11 is 5.94. The minimum absolute atomic E-state index is 0.0299. The smallest absolute Gasteiger partial charge is 0.220 e. The molecule has 1 rings (SSSR count). The highest BCUT2D eigenvalue weighted by Crippen LogP contribution is 2.16. The average molecular weight is 228 g/mol. The van der Waals surface area contributed by atoms with Crippen LogP contribution in [0.25, 0.3) is 0 Å². The molecule has 3 nitrogen and oxygen atoms in total. The van der Waals surface area contributed by atoms with E-state index in [9.17, 15) is 4.79 Å². The summed E-state index contributed by atoms with van der Waals surface area (Å²) in [7, 11) is 0. The van der Waals surface area contributed by atoms with Crippen LogP contribution in [0.5, 0.6) is 0 Å². The lowest BCUT2D eigenvalue weighted by atomic mass is 10.1. The maximum absolute atomic E-state index is 11.2. The van der Waals surface area contributed by atoms with Crippen LogP contribution >= 0.6 is 11.6 Å². The van der Waals surface area contributed by atoms with Crippen LogP contribution in [0.3, 0.4) is 0 Å². The highest BCUT2D eigenvalue weighted by molar-refractivity contribution is 6.31. The van der Waals surface area contributed by atoms with E-state index in [2.05, 4.69) is 5.32 Å². The zero-order chi connectivity index (χ0) is 11.1. The molecule has 0 atom stereocenters. The van der Waals surface area contributed by atoms with E-state index in [-0.39, 0.29) is 12.5 Å². The van der Waals surface area contributed by atoms with Gasteiger partial charge in [-0.05, 0) is 18.1 Å². The molecule has 0 heterocycles. The largest absolute Gasteiger partial charge is 0.395 e. The Hall–Kier alpha value is -1.06. The lowest BCUT2D eigenvalue weighted by Crippen LogP contribution is -2.26. The molecular formula is C11H14ClNO2. The van der Waals surface area contributed by atoms with Crippen LogP contribution in [0.15, 0.2) is 24.3 Å². The molecule has 0 unspecified atom stereocenters. The number of hydrogen-bond donors (Lipinski definition) is 2. The van der Waals surface area contributed by atoms with Gasteiger partial charge in [0, 0.05) is 18.0 Å². The summed E-state index contributed by atoms with van der Waals surface area (Å²) in [6, 6.07) is 7.47. The Morgan fingerprint density at radius 2 is 2.13 bits per heavy atom. The molecule has 1 amide bonds. The van der Waals surface area contributed by atoms with E-state index in [1.807, 2.05) is 24.3 Å². The second-order valence-corrected chi connectivity index (χ2v) is 3.57. The van der Waals surface area contributed by atoms with Crippen molar-refractivity contribution in [1.29, 1.82) is 0 Å². The normalized spacial score (nSPS) is 10.0. The maximum Gasteiger partial charge on any atom is 0.220 e. The number of aryl methyl sites for hydroxylation is 1. The van der Waals surface area contributed by atoms with Gasteiger partial charge in [0.2, 0.25) is 5.91 Å². The minimum atomic E-state index is -0.0658. The molecule has 0 saturated carbocycles. The number of aliphatic hydroxyl groups excluding tert-OH is 1. The van der Waals surface area contributed by atoms with Crippen molar-refractivity contribution in [3.05, 3.63) is 34.9 Å². The lowest BCUT2D eigenvalue weighted by molar-refractivity contribution is -0.121. The Labute approximate surface area is 94.1 Å². The van der Waals surface area contributed by atoms with Crippen molar-refractivity contribution in [2.24, 2.45) is 0 Å². The third-order valence-electron chi connectivity index (χ3n) is 2.01. The van der Waals surface area contributed by atoms with Crippen molar-refractivity contribution in [1.82, 2.24) is 5.32 Å². The molecule has 0 spiro atoms. The first-order valence-corrected chi connectivity index (χ1v) is 5.23. The average Bonchev–Trinajstić information content (AvgIpc) is 2.25. The number of nitrogens with one attached hydrogen (secondary N) is 1. The number of rotatable bonds is 5. The van der Waals surface area contributed by atoms with E-state index in [1.165, 1.54) is 0 Å².